The Labute approximate surface area is 139 Å². The molecule has 0 aromatic heterocycles. The Morgan fingerprint density at radius 2 is 0.773 bits per heavy atom. The zero-order chi connectivity index (χ0) is 15.4. The summed E-state index contributed by atoms with van der Waals surface area (Å²) in [5.74, 6) is 4.09. The van der Waals surface area contributed by atoms with Crippen molar-refractivity contribution in [3.63, 3.8) is 0 Å². The lowest BCUT2D eigenvalue weighted by Gasteiger charge is -2.57. The number of hydrogen-bond acceptors (Lipinski definition) is 0. The minimum absolute atomic E-state index is 0.710. The van der Waals surface area contributed by atoms with Gasteiger partial charge in [0.1, 0.15) is 0 Å². The molecule has 0 heterocycles. The summed E-state index contributed by atoms with van der Waals surface area (Å²) >= 11 is 0. The van der Waals surface area contributed by atoms with Crippen LogP contribution in [-0.2, 0) is 0 Å². The Morgan fingerprint density at radius 1 is 0.500 bits per heavy atom. The molecule has 128 valence electrons. The molecule has 0 heteroatoms. The van der Waals surface area contributed by atoms with Gasteiger partial charge >= 0.3 is 0 Å². The lowest BCUT2D eigenvalue weighted by atomic mass is 9.47. The van der Waals surface area contributed by atoms with E-state index < -0.39 is 0 Å². The lowest BCUT2D eigenvalue weighted by molar-refractivity contribution is -0.0857. The van der Waals surface area contributed by atoms with Gasteiger partial charge in [0.25, 0.3) is 0 Å². The first-order valence-corrected chi connectivity index (χ1v) is 10.8. The Balaban J connectivity index is 1.92. The van der Waals surface area contributed by atoms with E-state index in [1.54, 1.807) is 38.5 Å². The van der Waals surface area contributed by atoms with Crippen LogP contribution in [0, 0.1) is 29.1 Å². The zero-order valence-corrected chi connectivity index (χ0v) is 15.4. The zero-order valence-electron chi connectivity index (χ0n) is 15.4. The van der Waals surface area contributed by atoms with Crippen LogP contribution in [0.5, 0.6) is 0 Å². The van der Waals surface area contributed by atoms with Gasteiger partial charge in [0, 0.05) is 0 Å². The molecule has 0 radical (unpaired) electrons. The molecule has 0 amide bonds. The average molecular weight is 305 g/mol. The van der Waals surface area contributed by atoms with Gasteiger partial charge in [-0.2, -0.15) is 0 Å². The molecule has 0 aromatic carbocycles. The summed E-state index contributed by atoms with van der Waals surface area (Å²) < 4.78 is 0. The highest BCUT2D eigenvalue weighted by Crippen LogP contribution is 2.60. The number of rotatable bonds is 4. The van der Waals surface area contributed by atoms with Crippen LogP contribution in [0.4, 0.5) is 0 Å². The van der Waals surface area contributed by atoms with Crippen LogP contribution in [-0.4, -0.2) is 0 Å². The van der Waals surface area contributed by atoms with E-state index in [2.05, 4.69) is 13.8 Å². The monoisotopic (exact) mass is 304 g/mol. The molecule has 0 aliphatic heterocycles. The molecule has 3 rings (SSSR count). The molecule has 0 atom stereocenters. The quantitative estimate of drug-likeness (QED) is 0.508. The van der Waals surface area contributed by atoms with Gasteiger partial charge < -0.3 is 0 Å². The fourth-order valence-electron chi connectivity index (χ4n) is 7.22. The van der Waals surface area contributed by atoms with Crippen molar-refractivity contribution < 1.29 is 0 Å². The fraction of sp³-hybridized carbons (Fsp3) is 1.00. The van der Waals surface area contributed by atoms with Crippen molar-refractivity contribution in [2.45, 2.75) is 110 Å². The highest BCUT2D eigenvalue weighted by Gasteiger charge is 2.52. The lowest BCUT2D eigenvalue weighted by Crippen LogP contribution is -2.50. The largest absolute Gasteiger partial charge is 0.0622 e. The highest BCUT2D eigenvalue weighted by atomic mass is 14.6. The minimum atomic E-state index is 0.710. The van der Waals surface area contributed by atoms with Crippen LogP contribution in [0.1, 0.15) is 110 Å². The molecule has 3 saturated carbocycles. The van der Waals surface area contributed by atoms with Gasteiger partial charge in [-0.25, -0.2) is 0 Å². The molecule has 3 fully saturated rings. The molecule has 0 bridgehead atoms. The van der Waals surface area contributed by atoms with E-state index in [-0.39, 0.29) is 0 Å². The van der Waals surface area contributed by atoms with Gasteiger partial charge in [-0.05, 0) is 67.6 Å². The Bertz CT molecular complexity index is 265. The van der Waals surface area contributed by atoms with Gasteiger partial charge in [-0.1, -0.05) is 71.6 Å². The summed E-state index contributed by atoms with van der Waals surface area (Å²) in [5, 5.41) is 0. The van der Waals surface area contributed by atoms with Crippen LogP contribution in [0.2, 0.25) is 0 Å². The minimum Gasteiger partial charge on any atom is -0.0622 e. The summed E-state index contributed by atoms with van der Waals surface area (Å²) in [6.45, 7) is 5.22. The van der Waals surface area contributed by atoms with Gasteiger partial charge in [-0.15, -0.1) is 0 Å². The van der Waals surface area contributed by atoms with Crippen molar-refractivity contribution in [1.29, 1.82) is 0 Å². The van der Waals surface area contributed by atoms with E-state index in [1.165, 1.54) is 57.8 Å². The summed E-state index contributed by atoms with van der Waals surface area (Å²) in [6, 6.07) is 0. The predicted molar refractivity (Wildman–Crippen MR) is 97.0 cm³/mol. The molecule has 0 unspecified atom stereocenters. The maximum atomic E-state index is 2.61. The van der Waals surface area contributed by atoms with E-state index >= 15 is 0 Å². The molecule has 0 N–H and O–H groups in total. The van der Waals surface area contributed by atoms with E-state index in [0.717, 1.165) is 23.7 Å². The maximum absolute atomic E-state index is 2.61. The van der Waals surface area contributed by atoms with Gasteiger partial charge in [-0.3, -0.25) is 0 Å². The van der Waals surface area contributed by atoms with Crippen molar-refractivity contribution in [2.75, 3.05) is 0 Å². The molecule has 0 saturated heterocycles. The van der Waals surface area contributed by atoms with E-state index in [1.807, 2.05) is 0 Å². The van der Waals surface area contributed by atoms with Crippen molar-refractivity contribution in [3.8, 4) is 0 Å². The van der Waals surface area contributed by atoms with Crippen LogP contribution in [0.3, 0.4) is 0 Å². The standard InChI is InChI=1S/C22H40/c1-18(2)22(19-12-6-3-7-13-19,20-14-8-4-9-15-20)21-16-10-5-11-17-21/h18-21H,3-17H2,1-2H3. The van der Waals surface area contributed by atoms with Crippen molar-refractivity contribution in [3.05, 3.63) is 0 Å². The second-order valence-corrected chi connectivity index (χ2v) is 9.16. The third-order valence-electron chi connectivity index (χ3n) is 7.94. The SMILES string of the molecule is CC(C)C(C1CCCCC1)(C1CCCCC1)C1CCCCC1. The smallest absolute Gasteiger partial charge is 0.0190 e. The van der Waals surface area contributed by atoms with Crippen LogP contribution in [0.25, 0.3) is 0 Å². The highest BCUT2D eigenvalue weighted by molar-refractivity contribution is 5.01. The molecule has 0 nitrogen and oxygen atoms in total. The molecule has 0 spiro atoms. The Morgan fingerprint density at radius 3 is 1.00 bits per heavy atom. The summed E-state index contributed by atoms with van der Waals surface area (Å²) in [6.07, 6.45) is 23.1. The Hall–Kier alpha value is 0. The van der Waals surface area contributed by atoms with Gasteiger partial charge in [0.2, 0.25) is 0 Å². The van der Waals surface area contributed by atoms with E-state index in [9.17, 15) is 0 Å². The summed E-state index contributed by atoms with van der Waals surface area (Å²) in [4.78, 5) is 0. The first kappa shape index (κ1) is 16.8. The van der Waals surface area contributed by atoms with Crippen LogP contribution in [0.15, 0.2) is 0 Å². The molecule has 22 heavy (non-hydrogen) atoms. The number of hydrogen-bond donors (Lipinski definition) is 0. The van der Waals surface area contributed by atoms with Crippen molar-refractivity contribution in [2.24, 2.45) is 29.1 Å². The van der Waals surface area contributed by atoms with Crippen molar-refractivity contribution in [1.82, 2.24) is 0 Å². The first-order valence-electron chi connectivity index (χ1n) is 10.8. The predicted octanol–water partition coefficient (Wildman–Crippen LogP) is 7.37. The maximum Gasteiger partial charge on any atom is -0.0190 e. The van der Waals surface area contributed by atoms with Crippen LogP contribution < -0.4 is 0 Å². The molecular formula is C22H40. The summed E-state index contributed by atoms with van der Waals surface area (Å²) in [5.41, 5.74) is 0.710. The van der Waals surface area contributed by atoms with Crippen molar-refractivity contribution >= 4 is 0 Å². The first-order chi connectivity index (χ1) is 10.8. The summed E-state index contributed by atoms with van der Waals surface area (Å²) in [7, 11) is 0. The van der Waals surface area contributed by atoms with Gasteiger partial charge in [0.15, 0.2) is 0 Å². The topological polar surface area (TPSA) is 0 Å². The normalized spacial score (nSPS) is 27.4. The second kappa shape index (κ2) is 7.71. The molecular weight excluding hydrogens is 264 g/mol. The van der Waals surface area contributed by atoms with Crippen LogP contribution >= 0.6 is 0 Å². The third kappa shape index (κ3) is 3.13. The average Bonchev–Trinajstić information content (AvgIpc) is 2.58. The van der Waals surface area contributed by atoms with Gasteiger partial charge in [0.05, 0.1) is 0 Å². The van der Waals surface area contributed by atoms with E-state index in [4.69, 9.17) is 0 Å². The molecule has 0 aromatic rings. The fourth-order valence-corrected chi connectivity index (χ4v) is 7.22. The van der Waals surface area contributed by atoms with E-state index in [0.29, 0.717) is 5.41 Å². The second-order valence-electron chi connectivity index (χ2n) is 9.16. The third-order valence-corrected chi connectivity index (χ3v) is 7.94. The molecule has 3 aliphatic carbocycles. The molecule has 3 aliphatic rings. The Kier molecular flexibility index (Phi) is 5.91.